The van der Waals surface area contributed by atoms with Crippen molar-refractivity contribution in [3.05, 3.63) is 0 Å². The molecule has 1 atom stereocenters. The number of likely N-dealkylation sites (tertiary alicyclic amines) is 1. The summed E-state index contributed by atoms with van der Waals surface area (Å²) in [7, 11) is 0. The number of nitrogens with zero attached hydrogens (tertiary/aromatic N) is 1. The van der Waals surface area contributed by atoms with E-state index >= 15 is 0 Å². The summed E-state index contributed by atoms with van der Waals surface area (Å²) in [6.07, 6.45) is 11.5. The quantitative estimate of drug-likeness (QED) is 0.708. The molecular weight excluding hydrogens is 350 g/mol. The monoisotopic (exact) mass is 385 g/mol. The van der Waals surface area contributed by atoms with Gasteiger partial charge < -0.3 is 15.5 Å². The van der Waals surface area contributed by atoms with Crippen molar-refractivity contribution in [1.82, 2.24) is 15.5 Å². The van der Waals surface area contributed by atoms with Crippen LogP contribution in [0.4, 0.5) is 0 Å². The zero-order valence-electron chi connectivity index (χ0n) is 16.2. The minimum absolute atomic E-state index is 0. The lowest BCUT2D eigenvalue weighted by Gasteiger charge is -2.34. The number of halogens is 1. The molecule has 3 aliphatic rings. The second-order valence-electron chi connectivity index (χ2n) is 8.45. The molecule has 5 nitrogen and oxygen atoms in total. The molecule has 0 spiro atoms. The Hall–Kier alpha value is -0.810. The molecule has 150 valence electrons. The van der Waals surface area contributed by atoms with E-state index in [-0.39, 0.29) is 24.2 Å². The first-order valence-electron chi connectivity index (χ1n) is 10.4. The number of piperidine rings is 1. The van der Waals surface area contributed by atoms with Crippen LogP contribution in [-0.2, 0) is 9.59 Å². The van der Waals surface area contributed by atoms with Crippen molar-refractivity contribution in [2.75, 3.05) is 19.6 Å². The Kier molecular flexibility index (Phi) is 8.68. The van der Waals surface area contributed by atoms with Crippen molar-refractivity contribution in [2.45, 2.75) is 83.2 Å². The summed E-state index contributed by atoms with van der Waals surface area (Å²) in [5.41, 5.74) is 0. The van der Waals surface area contributed by atoms with Crippen LogP contribution in [0, 0.1) is 11.8 Å². The molecule has 1 heterocycles. The lowest BCUT2D eigenvalue weighted by Crippen LogP contribution is -2.51. The molecule has 3 rings (SSSR count). The highest BCUT2D eigenvalue weighted by Crippen LogP contribution is 2.28. The molecule has 26 heavy (non-hydrogen) atoms. The molecule has 1 unspecified atom stereocenters. The van der Waals surface area contributed by atoms with Crippen molar-refractivity contribution in [3.8, 4) is 0 Å². The van der Waals surface area contributed by atoms with Gasteiger partial charge in [-0.25, -0.2) is 0 Å². The highest BCUT2D eigenvalue weighted by atomic mass is 35.5. The van der Waals surface area contributed by atoms with Gasteiger partial charge in [-0.3, -0.25) is 9.59 Å². The van der Waals surface area contributed by atoms with Gasteiger partial charge in [0.05, 0.1) is 0 Å². The molecule has 2 N–H and O–H groups in total. The van der Waals surface area contributed by atoms with Gasteiger partial charge in [0.15, 0.2) is 0 Å². The van der Waals surface area contributed by atoms with Gasteiger partial charge in [-0.15, -0.1) is 12.4 Å². The molecule has 0 bridgehead atoms. The second kappa shape index (κ2) is 10.5. The molecule has 2 aliphatic carbocycles. The Morgan fingerprint density at radius 3 is 2.23 bits per heavy atom. The first-order chi connectivity index (χ1) is 12.1. The minimum Gasteiger partial charge on any atom is -0.345 e. The fourth-order valence-electron chi connectivity index (χ4n) is 4.25. The lowest BCUT2D eigenvalue weighted by molar-refractivity contribution is -0.137. The van der Waals surface area contributed by atoms with E-state index in [4.69, 9.17) is 0 Å². The summed E-state index contributed by atoms with van der Waals surface area (Å²) >= 11 is 0. The Morgan fingerprint density at radius 2 is 1.62 bits per heavy atom. The summed E-state index contributed by atoms with van der Waals surface area (Å²) in [5.74, 6) is 1.55. The molecule has 2 amide bonds. The largest absolute Gasteiger partial charge is 0.345 e. The molecule has 0 aromatic heterocycles. The molecular formula is C20H36ClN3O2. The van der Waals surface area contributed by atoms with E-state index in [0.717, 1.165) is 51.2 Å². The van der Waals surface area contributed by atoms with E-state index < -0.39 is 6.04 Å². The van der Waals surface area contributed by atoms with Gasteiger partial charge in [-0.05, 0) is 63.8 Å². The normalized spacial score (nSPS) is 23.2. The average molecular weight is 386 g/mol. The van der Waals surface area contributed by atoms with E-state index in [1.165, 1.54) is 32.1 Å². The van der Waals surface area contributed by atoms with Crippen molar-refractivity contribution in [2.24, 2.45) is 11.8 Å². The van der Waals surface area contributed by atoms with Crippen LogP contribution in [0.5, 0.6) is 0 Å². The molecule has 6 heteroatoms. The predicted molar refractivity (Wildman–Crippen MR) is 106 cm³/mol. The van der Waals surface area contributed by atoms with Crippen molar-refractivity contribution in [3.63, 3.8) is 0 Å². The molecule has 0 aromatic carbocycles. The van der Waals surface area contributed by atoms with Crippen LogP contribution in [-0.4, -0.2) is 48.4 Å². The van der Waals surface area contributed by atoms with Gasteiger partial charge in [-0.2, -0.15) is 0 Å². The van der Waals surface area contributed by atoms with E-state index in [1.807, 2.05) is 11.8 Å². The molecule has 3 fully saturated rings. The highest BCUT2D eigenvalue weighted by Gasteiger charge is 2.28. The van der Waals surface area contributed by atoms with Crippen LogP contribution in [0.1, 0.15) is 71.1 Å². The third kappa shape index (κ3) is 6.73. The lowest BCUT2D eigenvalue weighted by atomic mass is 9.87. The maximum atomic E-state index is 12.6. The van der Waals surface area contributed by atoms with E-state index in [0.29, 0.717) is 18.4 Å². The topological polar surface area (TPSA) is 61.4 Å². The molecule has 1 aliphatic heterocycles. The van der Waals surface area contributed by atoms with Gasteiger partial charge in [0, 0.05) is 25.6 Å². The average Bonchev–Trinajstić information content (AvgIpc) is 3.45. The van der Waals surface area contributed by atoms with Crippen molar-refractivity contribution >= 4 is 24.2 Å². The smallest absolute Gasteiger partial charge is 0.244 e. The Bertz CT molecular complexity index is 456. The summed E-state index contributed by atoms with van der Waals surface area (Å²) in [6.45, 7) is 4.60. The first-order valence-corrected chi connectivity index (χ1v) is 10.4. The Balaban J connectivity index is 0.00000243. The van der Waals surface area contributed by atoms with Crippen LogP contribution < -0.4 is 10.6 Å². The minimum atomic E-state index is -0.396. The van der Waals surface area contributed by atoms with Crippen molar-refractivity contribution in [1.29, 1.82) is 0 Å². The Morgan fingerprint density at radius 1 is 0.962 bits per heavy atom. The van der Waals surface area contributed by atoms with Crippen LogP contribution in [0.3, 0.4) is 0 Å². The van der Waals surface area contributed by atoms with Crippen LogP contribution in [0.25, 0.3) is 0 Å². The van der Waals surface area contributed by atoms with Gasteiger partial charge in [-0.1, -0.05) is 19.3 Å². The van der Waals surface area contributed by atoms with E-state index in [1.54, 1.807) is 0 Å². The number of hydrogen-bond acceptors (Lipinski definition) is 3. The van der Waals surface area contributed by atoms with Crippen LogP contribution in [0.2, 0.25) is 0 Å². The highest BCUT2D eigenvalue weighted by molar-refractivity contribution is 5.87. The first kappa shape index (κ1) is 21.5. The summed E-state index contributed by atoms with van der Waals surface area (Å²) in [5, 5.41) is 6.58. The van der Waals surface area contributed by atoms with E-state index in [9.17, 15) is 9.59 Å². The molecule has 1 saturated heterocycles. The zero-order chi connectivity index (χ0) is 17.6. The predicted octanol–water partition coefficient (Wildman–Crippen LogP) is 2.87. The maximum absolute atomic E-state index is 12.6. The summed E-state index contributed by atoms with van der Waals surface area (Å²) in [4.78, 5) is 26.8. The number of hydrogen-bond donors (Lipinski definition) is 2. The molecule has 2 saturated carbocycles. The SMILES string of the molecule is CC(NC(=O)CC1CCCCC1)C(=O)N1CCC(NCC2CC2)CC1.Cl. The summed E-state index contributed by atoms with van der Waals surface area (Å²) < 4.78 is 0. The van der Waals surface area contributed by atoms with E-state index in [2.05, 4.69) is 10.6 Å². The van der Waals surface area contributed by atoms with Crippen molar-refractivity contribution < 1.29 is 9.59 Å². The maximum Gasteiger partial charge on any atom is 0.244 e. The fourth-order valence-corrected chi connectivity index (χ4v) is 4.25. The molecule has 0 aromatic rings. The molecule has 0 radical (unpaired) electrons. The zero-order valence-corrected chi connectivity index (χ0v) is 17.0. The standard InChI is InChI=1S/C20H35N3O2.ClH/c1-15(22-19(24)13-16-5-3-2-4-6-16)20(25)23-11-9-18(10-12-23)21-14-17-7-8-17;/h15-18,21H,2-14H2,1H3,(H,22,24);1H. The third-order valence-electron chi connectivity index (χ3n) is 6.15. The van der Waals surface area contributed by atoms with Crippen LogP contribution in [0.15, 0.2) is 0 Å². The van der Waals surface area contributed by atoms with Gasteiger partial charge in [0.1, 0.15) is 6.04 Å². The number of carbonyl (C=O) groups excluding carboxylic acids is 2. The van der Waals surface area contributed by atoms with Gasteiger partial charge >= 0.3 is 0 Å². The number of nitrogens with one attached hydrogen (secondary N) is 2. The number of rotatable bonds is 7. The summed E-state index contributed by atoms with van der Waals surface area (Å²) in [6, 6.07) is 0.160. The van der Waals surface area contributed by atoms with Gasteiger partial charge in [0.25, 0.3) is 0 Å². The third-order valence-corrected chi connectivity index (χ3v) is 6.15. The second-order valence-corrected chi connectivity index (χ2v) is 8.45. The number of carbonyl (C=O) groups is 2. The van der Waals surface area contributed by atoms with Crippen LogP contribution >= 0.6 is 12.4 Å². The fraction of sp³-hybridized carbons (Fsp3) is 0.900. The number of amides is 2. The van der Waals surface area contributed by atoms with Gasteiger partial charge in [0.2, 0.25) is 11.8 Å². The Labute approximate surface area is 164 Å².